The number of hydrogen-bond acceptors (Lipinski definition) is 2. The van der Waals surface area contributed by atoms with Crippen molar-refractivity contribution in [3.63, 3.8) is 0 Å². The van der Waals surface area contributed by atoms with Crippen molar-refractivity contribution in [1.29, 1.82) is 0 Å². The van der Waals surface area contributed by atoms with Crippen molar-refractivity contribution >= 4 is 12.1 Å². The van der Waals surface area contributed by atoms with Gasteiger partial charge in [0.15, 0.2) is 0 Å². The first-order valence-electron chi connectivity index (χ1n) is 5.68. The lowest BCUT2D eigenvalue weighted by Gasteiger charge is -2.32. The molecule has 0 saturated carbocycles. The van der Waals surface area contributed by atoms with Gasteiger partial charge in [0, 0.05) is 13.1 Å². The zero-order chi connectivity index (χ0) is 12.6. The summed E-state index contributed by atoms with van der Waals surface area (Å²) in [6, 6.07) is -1.27. The molecule has 4 N–H and O–H groups in total. The molecule has 94 valence electrons. The van der Waals surface area contributed by atoms with Gasteiger partial charge >= 0.3 is 12.1 Å². The molecule has 0 spiro atoms. The number of primary amides is 2. The van der Waals surface area contributed by atoms with Crippen molar-refractivity contribution in [2.45, 2.75) is 39.5 Å². The highest BCUT2D eigenvalue weighted by Crippen LogP contribution is 2.04. The second kappa shape index (κ2) is 7.78. The quantitative estimate of drug-likeness (QED) is 0.672. The minimum Gasteiger partial charge on any atom is -0.350 e. The Morgan fingerprint density at radius 3 is 1.38 bits per heavy atom. The minimum atomic E-state index is -0.636. The van der Waals surface area contributed by atoms with Gasteiger partial charge in [0.2, 0.25) is 0 Å². The summed E-state index contributed by atoms with van der Waals surface area (Å²) in [5, 5.41) is 2.45. The van der Waals surface area contributed by atoms with Crippen molar-refractivity contribution in [3.8, 4) is 0 Å². The van der Waals surface area contributed by atoms with E-state index in [1.807, 2.05) is 13.8 Å². The van der Waals surface area contributed by atoms with Crippen molar-refractivity contribution < 1.29 is 9.59 Å². The van der Waals surface area contributed by atoms with Crippen LogP contribution in [0.15, 0.2) is 0 Å². The molecule has 0 aromatic rings. The molecule has 0 aliphatic heterocycles. The Morgan fingerprint density at radius 2 is 1.19 bits per heavy atom. The Balaban J connectivity index is 4.52. The van der Waals surface area contributed by atoms with Gasteiger partial charge in [0.25, 0.3) is 0 Å². The van der Waals surface area contributed by atoms with Gasteiger partial charge in [-0.1, -0.05) is 26.7 Å². The number of rotatable bonds is 6. The van der Waals surface area contributed by atoms with Gasteiger partial charge in [-0.15, -0.1) is 0 Å². The molecule has 6 heteroatoms. The number of carbonyl (C=O) groups excluding carboxylic acids is 2. The topological polar surface area (TPSA) is 92.7 Å². The van der Waals surface area contributed by atoms with Crippen molar-refractivity contribution in [2.24, 2.45) is 11.5 Å². The third kappa shape index (κ3) is 4.86. The van der Waals surface area contributed by atoms with Crippen LogP contribution in [-0.4, -0.2) is 35.2 Å². The van der Waals surface area contributed by atoms with Crippen LogP contribution in [0.5, 0.6) is 0 Å². The molecule has 0 aromatic carbocycles. The van der Waals surface area contributed by atoms with Gasteiger partial charge in [-0.3, -0.25) is 0 Å². The molecule has 0 radical (unpaired) electrons. The molecule has 0 aromatic heterocycles. The summed E-state index contributed by atoms with van der Waals surface area (Å²) in [5.41, 5.74) is 10.5. The number of carbonyl (C=O) groups is 2. The Kier molecular flexibility index (Phi) is 7.07. The van der Waals surface area contributed by atoms with Crippen molar-refractivity contribution in [2.75, 3.05) is 13.1 Å². The van der Waals surface area contributed by atoms with E-state index in [0.29, 0.717) is 13.1 Å². The maximum absolute atomic E-state index is 11.2. The van der Waals surface area contributed by atoms with Gasteiger partial charge in [-0.25, -0.2) is 19.6 Å². The molecule has 16 heavy (non-hydrogen) atoms. The number of hydrogen-bond donors (Lipinski definition) is 2. The zero-order valence-electron chi connectivity index (χ0n) is 10.1. The monoisotopic (exact) mass is 230 g/mol. The maximum atomic E-state index is 11.2. The highest BCUT2D eigenvalue weighted by Gasteiger charge is 2.21. The minimum absolute atomic E-state index is 0.429. The molecular weight excluding hydrogens is 208 g/mol. The SMILES string of the molecule is CCCCN(C(N)=O)N(CCCC)C(N)=O. The summed E-state index contributed by atoms with van der Waals surface area (Å²) in [5.74, 6) is 0. The molecule has 0 aliphatic carbocycles. The van der Waals surface area contributed by atoms with Gasteiger partial charge in [0.1, 0.15) is 0 Å². The van der Waals surface area contributed by atoms with Gasteiger partial charge in [0.05, 0.1) is 0 Å². The Bertz CT molecular complexity index is 209. The van der Waals surface area contributed by atoms with E-state index in [-0.39, 0.29) is 0 Å². The molecule has 0 bridgehead atoms. The van der Waals surface area contributed by atoms with E-state index in [0.717, 1.165) is 25.7 Å². The van der Waals surface area contributed by atoms with E-state index >= 15 is 0 Å². The van der Waals surface area contributed by atoms with Gasteiger partial charge < -0.3 is 11.5 Å². The first-order valence-corrected chi connectivity index (χ1v) is 5.68. The molecule has 6 nitrogen and oxygen atoms in total. The third-order valence-corrected chi connectivity index (χ3v) is 2.25. The molecule has 0 unspecified atom stereocenters. The van der Waals surface area contributed by atoms with Crippen LogP contribution < -0.4 is 11.5 Å². The molecule has 0 aliphatic rings. The van der Waals surface area contributed by atoms with Gasteiger partial charge in [-0.2, -0.15) is 0 Å². The normalized spacial score (nSPS) is 9.88. The highest BCUT2D eigenvalue weighted by molar-refractivity contribution is 5.78. The summed E-state index contributed by atoms with van der Waals surface area (Å²) in [7, 11) is 0. The Morgan fingerprint density at radius 1 is 0.875 bits per heavy atom. The van der Waals surface area contributed by atoms with E-state index in [1.54, 1.807) is 0 Å². The van der Waals surface area contributed by atoms with Crippen molar-refractivity contribution in [3.05, 3.63) is 0 Å². The fraction of sp³-hybridized carbons (Fsp3) is 0.800. The lowest BCUT2D eigenvalue weighted by molar-refractivity contribution is 0.0525. The molecule has 0 heterocycles. The Labute approximate surface area is 96.5 Å². The average Bonchev–Trinajstić information content (AvgIpc) is 2.21. The predicted molar refractivity (Wildman–Crippen MR) is 62.4 cm³/mol. The van der Waals surface area contributed by atoms with Crippen LogP contribution >= 0.6 is 0 Å². The standard InChI is InChI=1S/C10H22N4O2/c1-3-5-7-13(9(11)15)14(10(12)16)8-6-4-2/h3-8H2,1-2H3,(H2,11,15)(H2,12,16). The van der Waals surface area contributed by atoms with E-state index < -0.39 is 12.1 Å². The van der Waals surface area contributed by atoms with E-state index in [1.165, 1.54) is 10.0 Å². The van der Waals surface area contributed by atoms with Crippen LogP contribution in [0, 0.1) is 0 Å². The van der Waals surface area contributed by atoms with Crippen LogP contribution in [0.3, 0.4) is 0 Å². The van der Waals surface area contributed by atoms with E-state index in [2.05, 4.69) is 0 Å². The zero-order valence-corrected chi connectivity index (χ0v) is 10.1. The fourth-order valence-electron chi connectivity index (χ4n) is 1.32. The molecule has 4 amide bonds. The van der Waals surface area contributed by atoms with Gasteiger partial charge in [-0.05, 0) is 12.8 Å². The highest BCUT2D eigenvalue weighted by atomic mass is 16.2. The van der Waals surface area contributed by atoms with Crippen LogP contribution in [-0.2, 0) is 0 Å². The summed E-state index contributed by atoms with van der Waals surface area (Å²) in [6.07, 6.45) is 3.42. The second-order valence-electron chi connectivity index (χ2n) is 3.63. The first-order chi connectivity index (χ1) is 7.54. The molecule has 0 atom stereocenters. The van der Waals surface area contributed by atoms with Crippen LogP contribution in [0.2, 0.25) is 0 Å². The fourth-order valence-corrected chi connectivity index (χ4v) is 1.32. The molecular formula is C10H22N4O2. The smallest absolute Gasteiger partial charge is 0.333 e. The Hall–Kier alpha value is -1.46. The predicted octanol–water partition coefficient (Wildman–Crippen LogP) is 1.26. The van der Waals surface area contributed by atoms with E-state index in [9.17, 15) is 9.59 Å². The molecule has 0 saturated heterocycles. The first kappa shape index (κ1) is 14.5. The summed E-state index contributed by atoms with van der Waals surface area (Å²) >= 11 is 0. The summed E-state index contributed by atoms with van der Waals surface area (Å²) in [6.45, 7) is 4.86. The lowest BCUT2D eigenvalue weighted by atomic mass is 10.3. The number of nitrogens with two attached hydrogens (primary N) is 2. The maximum Gasteiger partial charge on any atom is 0.333 e. The van der Waals surface area contributed by atoms with Crippen LogP contribution in [0.4, 0.5) is 9.59 Å². The third-order valence-electron chi connectivity index (χ3n) is 2.25. The number of nitrogens with zero attached hydrogens (tertiary/aromatic N) is 2. The lowest BCUT2D eigenvalue weighted by Crippen LogP contribution is -2.54. The van der Waals surface area contributed by atoms with Crippen molar-refractivity contribution in [1.82, 2.24) is 10.0 Å². The number of hydrazine groups is 1. The summed E-state index contributed by atoms with van der Waals surface area (Å²) in [4.78, 5) is 22.4. The number of urea groups is 2. The summed E-state index contributed by atoms with van der Waals surface area (Å²) < 4.78 is 0. The van der Waals surface area contributed by atoms with E-state index in [4.69, 9.17) is 11.5 Å². The van der Waals surface area contributed by atoms with Crippen LogP contribution in [0.1, 0.15) is 39.5 Å². The van der Waals surface area contributed by atoms with Crippen LogP contribution in [0.25, 0.3) is 0 Å². The number of amides is 4. The molecule has 0 rings (SSSR count). The number of unbranched alkanes of at least 4 members (excludes halogenated alkanes) is 2. The second-order valence-corrected chi connectivity index (χ2v) is 3.63. The molecule has 0 fully saturated rings. The average molecular weight is 230 g/mol. The largest absolute Gasteiger partial charge is 0.350 e.